The highest BCUT2D eigenvalue weighted by molar-refractivity contribution is 5.54. The van der Waals surface area contributed by atoms with Gasteiger partial charge >= 0.3 is 0 Å². The Hall–Kier alpha value is -1.60. The maximum atomic E-state index is 10.4. The Morgan fingerprint density at radius 3 is 2.72 bits per heavy atom. The molecule has 0 atom stereocenters. The van der Waals surface area contributed by atoms with Crippen molar-refractivity contribution in [2.75, 3.05) is 18.5 Å². The van der Waals surface area contributed by atoms with Crippen molar-refractivity contribution in [3.63, 3.8) is 0 Å². The molecule has 1 heterocycles. The average Bonchev–Trinajstić information content (AvgIpc) is 2.75. The van der Waals surface area contributed by atoms with Gasteiger partial charge in [-0.3, -0.25) is 0 Å². The highest BCUT2D eigenvalue weighted by Crippen LogP contribution is 2.31. The topological polar surface area (TPSA) is 60.2 Å². The lowest BCUT2D eigenvalue weighted by Gasteiger charge is -2.29. The van der Waals surface area contributed by atoms with Crippen molar-refractivity contribution in [2.45, 2.75) is 38.2 Å². The average molecular weight is 245 g/mol. The van der Waals surface area contributed by atoms with E-state index in [4.69, 9.17) is 5.26 Å². The number of aromatic nitrogens is 1. The molecule has 4 heteroatoms. The van der Waals surface area contributed by atoms with E-state index in [-0.39, 0.29) is 0 Å². The molecule has 0 aliphatic heterocycles. The van der Waals surface area contributed by atoms with Crippen LogP contribution in [0.1, 0.15) is 36.9 Å². The summed E-state index contributed by atoms with van der Waals surface area (Å²) in [5.74, 6) is 0.665. The van der Waals surface area contributed by atoms with Gasteiger partial charge < -0.3 is 10.0 Å². The van der Waals surface area contributed by atoms with E-state index in [1.54, 1.807) is 6.07 Å². The molecule has 0 amide bonds. The first kappa shape index (κ1) is 12.8. The summed E-state index contributed by atoms with van der Waals surface area (Å²) in [5, 5.41) is 19.5. The van der Waals surface area contributed by atoms with E-state index in [1.807, 2.05) is 24.9 Å². The van der Waals surface area contributed by atoms with Crippen LogP contribution in [0.3, 0.4) is 0 Å². The fourth-order valence-electron chi connectivity index (χ4n) is 2.63. The molecule has 0 radical (unpaired) electrons. The lowest BCUT2D eigenvalue weighted by molar-refractivity contribution is 0.0558. The summed E-state index contributed by atoms with van der Waals surface area (Å²) in [6, 6.07) is 5.77. The van der Waals surface area contributed by atoms with Gasteiger partial charge in [-0.2, -0.15) is 5.26 Å². The minimum Gasteiger partial charge on any atom is -0.388 e. The van der Waals surface area contributed by atoms with Gasteiger partial charge in [-0.05, 0) is 31.9 Å². The molecule has 0 unspecified atom stereocenters. The second kappa shape index (κ2) is 4.95. The quantitative estimate of drug-likeness (QED) is 0.884. The van der Waals surface area contributed by atoms with Gasteiger partial charge in [-0.15, -0.1) is 0 Å². The van der Waals surface area contributed by atoms with Crippen LogP contribution in [0.2, 0.25) is 0 Å². The van der Waals surface area contributed by atoms with E-state index in [2.05, 4.69) is 11.1 Å². The van der Waals surface area contributed by atoms with Crippen molar-refractivity contribution in [3.8, 4) is 6.07 Å². The molecule has 0 saturated heterocycles. The van der Waals surface area contributed by atoms with Crippen LogP contribution in [-0.2, 0) is 0 Å². The van der Waals surface area contributed by atoms with Gasteiger partial charge in [-0.25, -0.2) is 4.98 Å². The van der Waals surface area contributed by atoms with Gasteiger partial charge in [-0.1, -0.05) is 12.8 Å². The Balaban J connectivity index is 2.20. The zero-order valence-corrected chi connectivity index (χ0v) is 11.0. The van der Waals surface area contributed by atoms with Crippen LogP contribution in [0.4, 0.5) is 5.82 Å². The number of anilines is 1. The molecule has 1 saturated carbocycles. The van der Waals surface area contributed by atoms with Crippen LogP contribution in [0.5, 0.6) is 0 Å². The van der Waals surface area contributed by atoms with Crippen LogP contribution < -0.4 is 4.90 Å². The van der Waals surface area contributed by atoms with E-state index in [0.717, 1.165) is 31.4 Å². The van der Waals surface area contributed by atoms with E-state index in [0.29, 0.717) is 17.9 Å². The van der Waals surface area contributed by atoms with Crippen LogP contribution in [0.25, 0.3) is 0 Å². The number of nitrogens with zero attached hydrogens (tertiary/aromatic N) is 3. The van der Waals surface area contributed by atoms with E-state index >= 15 is 0 Å². The van der Waals surface area contributed by atoms with E-state index in [1.165, 1.54) is 0 Å². The highest BCUT2D eigenvalue weighted by Gasteiger charge is 2.33. The Bertz CT molecular complexity index is 472. The van der Waals surface area contributed by atoms with Crippen molar-refractivity contribution >= 4 is 5.82 Å². The molecule has 4 nitrogen and oxygen atoms in total. The van der Waals surface area contributed by atoms with Gasteiger partial charge in [0.25, 0.3) is 0 Å². The maximum Gasteiger partial charge on any atom is 0.146 e. The number of likely N-dealkylation sites (N-methyl/N-ethyl adjacent to an activating group) is 1. The number of hydrogen-bond donors (Lipinski definition) is 1. The standard InChI is InChI=1S/C14H19N3O/c1-11-5-6-12(9-15)13(16-11)17(2)10-14(18)7-3-4-8-14/h5-6,18H,3-4,7-8,10H2,1-2H3. The molecule has 1 aliphatic carbocycles. The molecule has 1 aromatic rings. The number of rotatable bonds is 3. The summed E-state index contributed by atoms with van der Waals surface area (Å²) < 4.78 is 0. The smallest absolute Gasteiger partial charge is 0.146 e. The summed E-state index contributed by atoms with van der Waals surface area (Å²) >= 11 is 0. The lowest BCUT2D eigenvalue weighted by Crippen LogP contribution is -2.39. The third-order valence-corrected chi connectivity index (χ3v) is 3.56. The van der Waals surface area contributed by atoms with Gasteiger partial charge in [0.05, 0.1) is 11.2 Å². The first-order chi connectivity index (χ1) is 8.54. The first-order valence-electron chi connectivity index (χ1n) is 6.35. The molecule has 2 rings (SSSR count). The molecule has 0 aromatic carbocycles. The second-order valence-corrected chi connectivity index (χ2v) is 5.22. The SMILES string of the molecule is Cc1ccc(C#N)c(N(C)CC2(O)CCCC2)n1. The summed E-state index contributed by atoms with van der Waals surface area (Å²) in [5.41, 5.74) is 0.825. The summed E-state index contributed by atoms with van der Waals surface area (Å²) in [7, 11) is 1.89. The molecule has 0 spiro atoms. The van der Waals surface area contributed by atoms with Crippen molar-refractivity contribution < 1.29 is 5.11 Å². The molecule has 0 bridgehead atoms. The lowest BCUT2D eigenvalue weighted by atomic mass is 10.0. The second-order valence-electron chi connectivity index (χ2n) is 5.22. The summed E-state index contributed by atoms with van der Waals surface area (Å²) in [6.45, 7) is 2.45. The Labute approximate surface area is 108 Å². The van der Waals surface area contributed by atoms with E-state index < -0.39 is 5.60 Å². The molecule has 1 aliphatic rings. The first-order valence-corrected chi connectivity index (χ1v) is 6.35. The van der Waals surface area contributed by atoms with Crippen molar-refractivity contribution in [1.29, 1.82) is 5.26 Å². The number of pyridine rings is 1. The Kier molecular flexibility index (Phi) is 3.53. The number of aryl methyl sites for hydroxylation is 1. The van der Waals surface area contributed by atoms with E-state index in [9.17, 15) is 5.11 Å². The third-order valence-electron chi connectivity index (χ3n) is 3.56. The molecular formula is C14H19N3O. The predicted octanol–water partition coefficient (Wildman–Crippen LogP) is 2.00. The minimum atomic E-state index is -0.618. The zero-order valence-electron chi connectivity index (χ0n) is 11.0. The summed E-state index contributed by atoms with van der Waals surface area (Å²) in [6.07, 6.45) is 3.84. The van der Waals surface area contributed by atoms with Crippen molar-refractivity contribution in [1.82, 2.24) is 4.98 Å². The molecular weight excluding hydrogens is 226 g/mol. The largest absolute Gasteiger partial charge is 0.388 e. The molecule has 1 aromatic heterocycles. The third kappa shape index (κ3) is 2.62. The molecule has 96 valence electrons. The van der Waals surface area contributed by atoms with Gasteiger partial charge in [0.1, 0.15) is 11.9 Å². The fourth-order valence-corrected chi connectivity index (χ4v) is 2.63. The van der Waals surface area contributed by atoms with Crippen LogP contribution >= 0.6 is 0 Å². The van der Waals surface area contributed by atoms with Gasteiger partial charge in [0.15, 0.2) is 0 Å². The number of hydrogen-bond acceptors (Lipinski definition) is 4. The Morgan fingerprint density at radius 2 is 2.11 bits per heavy atom. The maximum absolute atomic E-state index is 10.4. The Morgan fingerprint density at radius 1 is 1.44 bits per heavy atom. The fraction of sp³-hybridized carbons (Fsp3) is 0.571. The minimum absolute atomic E-state index is 0.540. The highest BCUT2D eigenvalue weighted by atomic mass is 16.3. The van der Waals surface area contributed by atoms with Gasteiger partial charge in [0.2, 0.25) is 0 Å². The van der Waals surface area contributed by atoms with Gasteiger partial charge in [0, 0.05) is 19.3 Å². The predicted molar refractivity (Wildman–Crippen MR) is 70.4 cm³/mol. The number of nitriles is 1. The van der Waals surface area contributed by atoms with Crippen LogP contribution in [-0.4, -0.2) is 29.3 Å². The van der Waals surface area contributed by atoms with Crippen molar-refractivity contribution in [2.24, 2.45) is 0 Å². The molecule has 18 heavy (non-hydrogen) atoms. The van der Waals surface area contributed by atoms with Crippen LogP contribution in [0, 0.1) is 18.3 Å². The summed E-state index contributed by atoms with van der Waals surface area (Å²) in [4.78, 5) is 6.31. The normalized spacial score (nSPS) is 17.4. The molecule has 1 N–H and O–H groups in total. The van der Waals surface area contributed by atoms with Crippen molar-refractivity contribution in [3.05, 3.63) is 23.4 Å². The number of aliphatic hydroxyl groups is 1. The zero-order chi connectivity index (χ0) is 13.2. The van der Waals surface area contributed by atoms with Crippen LogP contribution in [0.15, 0.2) is 12.1 Å². The monoisotopic (exact) mass is 245 g/mol. The molecule has 1 fully saturated rings.